The molecular formula is C27H29F8NO4S. The van der Waals surface area contributed by atoms with Crippen LogP contribution in [-0.4, -0.2) is 38.0 Å². The summed E-state index contributed by atoms with van der Waals surface area (Å²) in [5.74, 6) is -0.737. The second kappa shape index (κ2) is 10.4. The third-order valence-corrected chi connectivity index (χ3v) is 9.76. The molecule has 41 heavy (non-hydrogen) atoms. The van der Waals surface area contributed by atoms with Gasteiger partial charge in [0.15, 0.2) is 9.84 Å². The van der Waals surface area contributed by atoms with Crippen molar-refractivity contribution in [2.75, 3.05) is 0 Å². The number of hydrogen-bond donors (Lipinski definition) is 1. The Hall–Kier alpha value is -2.90. The lowest BCUT2D eigenvalue weighted by atomic mass is 9.74. The topological polar surface area (TPSA) is 72.5 Å². The quantitative estimate of drug-likeness (QED) is 0.277. The van der Waals surface area contributed by atoms with Crippen molar-refractivity contribution in [3.05, 3.63) is 65.5 Å². The number of alkyl halides is 7. The first-order chi connectivity index (χ1) is 18.5. The standard InChI is InChI=1S/C27H29F8NO4S/c1-22(2,3)40-21(37)36-23(4)13-15-24(16-14-23,41(38,39)20-11-9-19(28)10-12-20)17-5-7-18(8-6-17)25(29,26(30,31)32)27(33,34)35/h5-12H,13-16H2,1-4H3,(H,36,37). The maximum atomic E-state index is 14.6. The summed E-state index contributed by atoms with van der Waals surface area (Å²) in [6, 6.07) is 5.77. The molecule has 2 aromatic rings. The van der Waals surface area contributed by atoms with E-state index in [0.29, 0.717) is 0 Å². The van der Waals surface area contributed by atoms with Gasteiger partial charge in [-0.3, -0.25) is 0 Å². The van der Waals surface area contributed by atoms with Gasteiger partial charge in [0.1, 0.15) is 16.2 Å². The summed E-state index contributed by atoms with van der Waals surface area (Å²) in [6.45, 7) is 6.56. The maximum Gasteiger partial charge on any atom is 0.435 e. The maximum absolute atomic E-state index is 14.6. The van der Waals surface area contributed by atoms with Crippen LogP contribution < -0.4 is 5.32 Å². The summed E-state index contributed by atoms with van der Waals surface area (Å²) in [5.41, 5.74) is -9.45. The fraction of sp³-hybridized carbons (Fsp3) is 0.519. The molecule has 0 bridgehead atoms. The number of hydrogen-bond acceptors (Lipinski definition) is 4. The van der Waals surface area contributed by atoms with Gasteiger partial charge in [0.25, 0.3) is 0 Å². The first-order valence-corrected chi connectivity index (χ1v) is 13.9. The van der Waals surface area contributed by atoms with E-state index in [-0.39, 0.29) is 48.3 Å². The van der Waals surface area contributed by atoms with Gasteiger partial charge < -0.3 is 10.1 Å². The van der Waals surface area contributed by atoms with Crippen molar-refractivity contribution in [3.63, 3.8) is 0 Å². The third kappa shape index (κ3) is 6.17. The number of carbonyl (C=O) groups excluding carboxylic acids is 1. The lowest BCUT2D eigenvalue weighted by Crippen LogP contribution is -2.53. The molecule has 0 saturated heterocycles. The van der Waals surface area contributed by atoms with Crippen LogP contribution in [0.25, 0.3) is 0 Å². The normalized spacial score (nSPS) is 22.7. The molecule has 0 atom stereocenters. The summed E-state index contributed by atoms with van der Waals surface area (Å²) in [7, 11) is -4.45. The van der Waals surface area contributed by atoms with E-state index in [4.69, 9.17) is 4.74 Å². The summed E-state index contributed by atoms with van der Waals surface area (Å²) in [4.78, 5) is 12.1. The Morgan fingerprint density at radius 1 is 0.805 bits per heavy atom. The molecular weight excluding hydrogens is 586 g/mol. The molecule has 5 nitrogen and oxygen atoms in total. The number of amides is 1. The Kier molecular flexibility index (Phi) is 8.29. The Balaban J connectivity index is 2.09. The third-order valence-electron chi connectivity index (χ3n) is 7.19. The summed E-state index contributed by atoms with van der Waals surface area (Å²) in [5, 5.41) is 2.70. The lowest BCUT2D eigenvalue weighted by molar-refractivity contribution is -0.348. The highest BCUT2D eigenvalue weighted by molar-refractivity contribution is 7.92. The number of carbonyl (C=O) groups is 1. The molecule has 0 spiro atoms. The molecule has 14 heteroatoms. The predicted octanol–water partition coefficient (Wildman–Crippen LogP) is 7.64. The van der Waals surface area contributed by atoms with Crippen LogP contribution >= 0.6 is 0 Å². The van der Waals surface area contributed by atoms with E-state index in [2.05, 4.69) is 5.32 Å². The molecule has 0 unspecified atom stereocenters. The van der Waals surface area contributed by atoms with Crippen LogP contribution in [0, 0.1) is 5.82 Å². The van der Waals surface area contributed by atoms with E-state index >= 15 is 0 Å². The van der Waals surface area contributed by atoms with Crippen molar-refractivity contribution in [2.45, 2.75) is 92.2 Å². The van der Waals surface area contributed by atoms with Gasteiger partial charge in [0.05, 0.1) is 4.90 Å². The summed E-state index contributed by atoms with van der Waals surface area (Å²) < 4.78 is 139. The molecule has 1 saturated carbocycles. The van der Waals surface area contributed by atoms with Crippen molar-refractivity contribution in [3.8, 4) is 0 Å². The van der Waals surface area contributed by atoms with E-state index in [1.165, 1.54) is 0 Å². The number of benzene rings is 2. The average Bonchev–Trinajstić information content (AvgIpc) is 2.81. The Labute approximate surface area is 232 Å². The zero-order chi connectivity index (χ0) is 31.3. The van der Waals surface area contributed by atoms with E-state index in [0.717, 1.165) is 36.4 Å². The minimum absolute atomic E-state index is 0.00652. The molecule has 1 fully saturated rings. The van der Waals surface area contributed by atoms with Crippen LogP contribution in [0.1, 0.15) is 64.5 Å². The van der Waals surface area contributed by atoms with Crippen LogP contribution in [0.15, 0.2) is 53.4 Å². The molecule has 0 radical (unpaired) electrons. The largest absolute Gasteiger partial charge is 0.444 e. The fourth-order valence-corrected chi connectivity index (χ4v) is 7.06. The van der Waals surface area contributed by atoms with Crippen LogP contribution in [0.5, 0.6) is 0 Å². The Morgan fingerprint density at radius 3 is 1.68 bits per heavy atom. The highest BCUT2D eigenvalue weighted by atomic mass is 32.2. The molecule has 1 amide bonds. The molecule has 1 aliphatic carbocycles. The highest BCUT2D eigenvalue weighted by Gasteiger charge is 2.73. The first kappa shape index (κ1) is 32.6. The number of alkyl carbamates (subject to hydrolysis) is 1. The molecule has 1 aliphatic rings. The van der Waals surface area contributed by atoms with Crippen molar-refractivity contribution in [1.82, 2.24) is 5.32 Å². The minimum Gasteiger partial charge on any atom is -0.444 e. The second-order valence-corrected chi connectivity index (χ2v) is 13.6. The van der Waals surface area contributed by atoms with E-state index < -0.39 is 61.2 Å². The van der Waals surface area contributed by atoms with E-state index in [9.17, 15) is 48.3 Å². The van der Waals surface area contributed by atoms with Gasteiger partial charge in [-0.1, -0.05) is 24.3 Å². The van der Waals surface area contributed by atoms with Crippen molar-refractivity contribution < 1.29 is 53.1 Å². The van der Waals surface area contributed by atoms with Crippen molar-refractivity contribution in [2.24, 2.45) is 0 Å². The van der Waals surface area contributed by atoms with Crippen molar-refractivity contribution >= 4 is 15.9 Å². The van der Waals surface area contributed by atoms with Crippen molar-refractivity contribution in [1.29, 1.82) is 0 Å². The fourth-order valence-electron chi connectivity index (χ4n) is 4.92. The predicted molar refractivity (Wildman–Crippen MR) is 133 cm³/mol. The number of nitrogens with one attached hydrogen (secondary N) is 1. The molecule has 2 aromatic carbocycles. The summed E-state index contributed by atoms with van der Waals surface area (Å²) >= 11 is 0. The van der Waals surface area contributed by atoms with Gasteiger partial charge in [-0.25, -0.2) is 22.0 Å². The Morgan fingerprint density at radius 2 is 1.27 bits per heavy atom. The molecule has 0 aromatic heterocycles. The highest BCUT2D eigenvalue weighted by Crippen LogP contribution is 2.54. The van der Waals surface area contributed by atoms with Crippen LogP contribution in [-0.2, 0) is 25.0 Å². The smallest absolute Gasteiger partial charge is 0.435 e. The number of ether oxygens (including phenoxy) is 1. The molecule has 0 heterocycles. The van der Waals surface area contributed by atoms with Gasteiger partial charge in [-0.15, -0.1) is 0 Å². The van der Waals surface area contributed by atoms with Gasteiger partial charge in [-0.2, -0.15) is 26.3 Å². The van der Waals surface area contributed by atoms with E-state index in [1.54, 1.807) is 27.7 Å². The van der Waals surface area contributed by atoms with Crippen LogP contribution in [0.3, 0.4) is 0 Å². The number of sulfone groups is 1. The lowest BCUT2D eigenvalue weighted by Gasteiger charge is -2.45. The SMILES string of the molecule is CC1(NC(=O)OC(C)(C)C)CCC(c2ccc(C(F)(C(F)(F)F)C(F)(F)F)cc2)(S(=O)(=O)c2ccc(F)cc2)CC1. The zero-order valence-corrected chi connectivity index (χ0v) is 23.3. The molecule has 0 aliphatic heterocycles. The van der Waals surface area contributed by atoms with Crippen LogP contribution in [0.2, 0.25) is 0 Å². The summed E-state index contributed by atoms with van der Waals surface area (Å²) in [6.07, 6.45) is -13.9. The van der Waals surface area contributed by atoms with Gasteiger partial charge in [-0.05, 0) is 83.2 Å². The molecule has 1 N–H and O–H groups in total. The van der Waals surface area contributed by atoms with E-state index in [1.807, 2.05) is 0 Å². The second-order valence-electron chi connectivity index (χ2n) is 11.4. The molecule has 3 rings (SSSR count). The first-order valence-electron chi connectivity index (χ1n) is 12.4. The molecule has 228 valence electrons. The zero-order valence-electron chi connectivity index (χ0n) is 22.5. The minimum atomic E-state index is -6.34. The Bertz CT molecular complexity index is 1340. The van der Waals surface area contributed by atoms with Crippen LogP contribution in [0.4, 0.5) is 39.9 Å². The average molecular weight is 616 g/mol. The van der Waals surface area contributed by atoms with Gasteiger partial charge >= 0.3 is 24.1 Å². The number of halogens is 8. The van der Waals surface area contributed by atoms with Gasteiger partial charge in [0, 0.05) is 11.1 Å². The monoisotopic (exact) mass is 615 g/mol. The number of rotatable bonds is 5. The van der Waals surface area contributed by atoms with Gasteiger partial charge in [0.2, 0.25) is 0 Å².